The Morgan fingerprint density at radius 2 is 1.71 bits per heavy atom. The molecule has 0 aliphatic carbocycles. The predicted octanol–water partition coefficient (Wildman–Crippen LogP) is 2.61. The number of carbonyl (C=O) groups is 1. The third-order valence-corrected chi connectivity index (χ3v) is 4.86. The van der Waals surface area contributed by atoms with E-state index in [0.717, 1.165) is 12.5 Å². The van der Waals surface area contributed by atoms with Crippen molar-refractivity contribution in [3.8, 4) is 0 Å². The van der Waals surface area contributed by atoms with E-state index in [1.54, 1.807) is 18.2 Å². The number of nitrogens with zero attached hydrogens (tertiary/aromatic N) is 2. The molecule has 0 saturated heterocycles. The minimum absolute atomic E-state index is 0.0666. The third kappa shape index (κ3) is 4.41. The Hall–Kier alpha value is -3.53. The van der Waals surface area contributed by atoms with Crippen LogP contribution in [0, 0.1) is 5.82 Å². The van der Waals surface area contributed by atoms with Crippen molar-refractivity contribution in [3.63, 3.8) is 0 Å². The number of primary amides is 1. The number of sulfone groups is 1. The van der Waals surface area contributed by atoms with Gasteiger partial charge in [0.15, 0.2) is 9.84 Å². The molecular formula is C18H16FN5O3S. The fourth-order valence-electron chi connectivity index (χ4n) is 2.44. The zero-order valence-corrected chi connectivity index (χ0v) is 15.5. The first kappa shape index (κ1) is 19.2. The molecule has 0 atom stereocenters. The van der Waals surface area contributed by atoms with Crippen molar-refractivity contribution in [2.24, 2.45) is 5.73 Å². The summed E-state index contributed by atoms with van der Waals surface area (Å²) in [6.45, 7) is 0. The molecule has 0 saturated carbocycles. The number of carbonyl (C=O) groups excluding carboxylic acids is 1. The van der Waals surface area contributed by atoms with Gasteiger partial charge in [-0.2, -0.15) is 0 Å². The molecule has 0 aliphatic heterocycles. The molecule has 2 heterocycles. The molecular weight excluding hydrogens is 385 g/mol. The van der Waals surface area contributed by atoms with Crippen LogP contribution in [0.4, 0.5) is 27.4 Å². The average Bonchev–Trinajstić information content (AvgIpc) is 2.63. The van der Waals surface area contributed by atoms with Crippen LogP contribution in [0.25, 0.3) is 0 Å². The Labute approximate surface area is 160 Å². The van der Waals surface area contributed by atoms with Crippen LogP contribution in [0.2, 0.25) is 0 Å². The molecule has 2 aromatic heterocycles. The maximum absolute atomic E-state index is 13.0. The number of nitrogens with two attached hydrogens (primary N) is 1. The normalized spacial score (nSPS) is 11.1. The highest BCUT2D eigenvalue weighted by Crippen LogP contribution is 2.28. The molecule has 8 nitrogen and oxygen atoms in total. The Kier molecular flexibility index (Phi) is 5.23. The number of benzene rings is 1. The van der Waals surface area contributed by atoms with Crippen molar-refractivity contribution < 1.29 is 17.6 Å². The lowest BCUT2D eigenvalue weighted by Crippen LogP contribution is -2.15. The minimum atomic E-state index is -3.50. The van der Waals surface area contributed by atoms with Gasteiger partial charge in [-0.3, -0.25) is 4.79 Å². The van der Waals surface area contributed by atoms with Gasteiger partial charge in [0.1, 0.15) is 17.5 Å². The number of hydrogen-bond acceptors (Lipinski definition) is 7. The van der Waals surface area contributed by atoms with Crippen molar-refractivity contribution in [3.05, 3.63) is 66.2 Å². The maximum atomic E-state index is 13.0. The largest absolute Gasteiger partial charge is 0.365 e. The van der Waals surface area contributed by atoms with Gasteiger partial charge in [0.2, 0.25) is 0 Å². The van der Waals surface area contributed by atoms with Crippen molar-refractivity contribution in [1.82, 2.24) is 9.97 Å². The lowest BCUT2D eigenvalue weighted by atomic mass is 10.2. The molecule has 28 heavy (non-hydrogen) atoms. The van der Waals surface area contributed by atoms with Crippen molar-refractivity contribution in [2.75, 3.05) is 16.9 Å². The van der Waals surface area contributed by atoms with Crippen LogP contribution in [0.3, 0.4) is 0 Å². The van der Waals surface area contributed by atoms with Gasteiger partial charge in [-0.25, -0.2) is 22.8 Å². The van der Waals surface area contributed by atoms with Gasteiger partial charge in [0.05, 0.1) is 28.0 Å². The summed E-state index contributed by atoms with van der Waals surface area (Å²) in [5.41, 5.74) is 6.01. The van der Waals surface area contributed by atoms with Crippen molar-refractivity contribution in [2.45, 2.75) is 4.90 Å². The Morgan fingerprint density at radius 1 is 1.00 bits per heavy atom. The summed E-state index contributed by atoms with van der Waals surface area (Å²) >= 11 is 0. The first-order valence-corrected chi connectivity index (χ1v) is 9.88. The van der Waals surface area contributed by atoms with E-state index in [1.807, 2.05) is 0 Å². The number of halogens is 1. The van der Waals surface area contributed by atoms with Gasteiger partial charge in [-0.1, -0.05) is 12.1 Å². The molecule has 0 spiro atoms. The number of amides is 1. The van der Waals surface area contributed by atoms with Crippen molar-refractivity contribution >= 4 is 38.8 Å². The first-order valence-electron chi connectivity index (χ1n) is 7.98. The molecule has 10 heteroatoms. The highest BCUT2D eigenvalue weighted by atomic mass is 32.2. The van der Waals surface area contributed by atoms with E-state index in [-0.39, 0.29) is 21.8 Å². The number of para-hydroxylation sites is 1. The van der Waals surface area contributed by atoms with Crippen LogP contribution in [0.15, 0.2) is 59.8 Å². The summed E-state index contributed by atoms with van der Waals surface area (Å²) in [6, 6.07) is 10.4. The smallest absolute Gasteiger partial charge is 0.252 e. The van der Waals surface area contributed by atoms with Gasteiger partial charge in [0.25, 0.3) is 5.91 Å². The second-order valence-corrected chi connectivity index (χ2v) is 7.84. The van der Waals surface area contributed by atoms with E-state index in [4.69, 9.17) is 5.73 Å². The summed E-state index contributed by atoms with van der Waals surface area (Å²) in [7, 11) is -3.50. The zero-order valence-electron chi connectivity index (χ0n) is 14.7. The number of pyridine rings is 2. The molecule has 0 fully saturated rings. The quantitative estimate of drug-likeness (QED) is 0.579. The summed E-state index contributed by atoms with van der Waals surface area (Å²) < 4.78 is 37.0. The molecule has 0 unspecified atom stereocenters. The Morgan fingerprint density at radius 3 is 2.36 bits per heavy atom. The van der Waals surface area contributed by atoms with Gasteiger partial charge in [-0.05, 0) is 24.3 Å². The fourth-order valence-corrected chi connectivity index (χ4v) is 3.29. The Bertz CT molecular complexity index is 1130. The van der Waals surface area contributed by atoms with Gasteiger partial charge >= 0.3 is 0 Å². The SMILES string of the molecule is CS(=O)(=O)c1ccccc1Nc1cc(Nc2ccc(F)cn2)ncc1C(N)=O. The molecule has 4 N–H and O–H groups in total. The number of aromatic nitrogens is 2. The number of nitrogens with one attached hydrogen (secondary N) is 2. The molecule has 0 bridgehead atoms. The molecule has 1 aromatic carbocycles. The lowest BCUT2D eigenvalue weighted by Gasteiger charge is -2.14. The van der Waals surface area contributed by atoms with E-state index in [9.17, 15) is 17.6 Å². The summed E-state index contributed by atoms with van der Waals surface area (Å²) in [5.74, 6) is -0.590. The molecule has 3 aromatic rings. The summed E-state index contributed by atoms with van der Waals surface area (Å²) in [4.78, 5) is 19.8. The second-order valence-electron chi connectivity index (χ2n) is 5.86. The lowest BCUT2D eigenvalue weighted by molar-refractivity contribution is 0.100. The topological polar surface area (TPSA) is 127 Å². The maximum Gasteiger partial charge on any atom is 0.252 e. The Balaban J connectivity index is 2.00. The fraction of sp³-hybridized carbons (Fsp3) is 0.0556. The van der Waals surface area contributed by atoms with Gasteiger partial charge in [-0.15, -0.1) is 0 Å². The monoisotopic (exact) mass is 401 g/mol. The molecule has 144 valence electrons. The number of anilines is 4. The van der Waals surface area contributed by atoms with Crippen LogP contribution in [0.5, 0.6) is 0 Å². The molecule has 3 rings (SSSR count). The molecule has 1 amide bonds. The van der Waals surface area contributed by atoms with Crippen LogP contribution in [0.1, 0.15) is 10.4 Å². The number of hydrogen-bond donors (Lipinski definition) is 3. The van der Waals surface area contributed by atoms with E-state index in [0.29, 0.717) is 11.6 Å². The van der Waals surface area contributed by atoms with Crippen LogP contribution in [-0.2, 0) is 9.84 Å². The van der Waals surface area contributed by atoms with Crippen LogP contribution < -0.4 is 16.4 Å². The van der Waals surface area contributed by atoms with E-state index in [1.165, 1.54) is 30.5 Å². The zero-order chi connectivity index (χ0) is 20.3. The van der Waals surface area contributed by atoms with E-state index >= 15 is 0 Å². The van der Waals surface area contributed by atoms with E-state index in [2.05, 4.69) is 20.6 Å². The first-order chi connectivity index (χ1) is 13.2. The average molecular weight is 401 g/mol. The number of rotatable bonds is 6. The highest BCUT2D eigenvalue weighted by molar-refractivity contribution is 7.90. The van der Waals surface area contributed by atoms with Crippen molar-refractivity contribution in [1.29, 1.82) is 0 Å². The summed E-state index contributed by atoms with van der Waals surface area (Å²) in [6.07, 6.45) is 3.38. The van der Waals surface area contributed by atoms with Gasteiger partial charge < -0.3 is 16.4 Å². The predicted molar refractivity (Wildman–Crippen MR) is 103 cm³/mol. The van der Waals surface area contributed by atoms with Crippen LogP contribution in [-0.4, -0.2) is 30.5 Å². The van der Waals surface area contributed by atoms with Gasteiger partial charge in [0, 0.05) is 18.5 Å². The molecule has 0 aliphatic rings. The van der Waals surface area contributed by atoms with E-state index < -0.39 is 21.6 Å². The minimum Gasteiger partial charge on any atom is -0.365 e. The standard InChI is InChI=1S/C18H16FN5O3S/c1-28(26,27)15-5-3-2-4-13(15)23-14-8-17(22-10-12(14)18(20)25)24-16-7-6-11(19)9-21-16/h2-10H,1H3,(H2,20,25)(H2,21,22,23,24). The highest BCUT2D eigenvalue weighted by Gasteiger charge is 2.16. The second kappa shape index (κ2) is 7.61. The van der Waals surface area contributed by atoms with Crippen LogP contribution >= 0.6 is 0 Å². The third-order valence-electron chi connectivity index (χ3n) is 3.71. The summed E-state index contributed by atoms with van der Waals surface area (Å²) in [5, 5.41) is 5.79. The molecule has 0 radical (unpaired) electrons.